The molecule has 6 nitrogen and oxygen atoms in total. The van der Waals surface area contributed by atoms with Gasteiger partial charge in [0.1, 0.15) is 0 Å². The van der Waals surface area contributed by atoms with Crippen molar-refractivity contribution in [3.05, 3.63) is 0 Å². The molecule has 8 heteroatoms. The molecule has 0 spiro atoms. The van der Waals surface area contributed by atoms with Gasteiger partial charge in [-0.15, -0.1) is 12.4 Å². The molecule has 1 saturated heterocycles. The lowest BCUT2D eigenvalue weighted by molar-refractivity contribution is -0.123. The first-order chi connectivity index (χ1) is 8.97. The lowest BCUT2D eigenvalue weighted by atomic mass is 10.0. The Balaban J connectivity index is 0.00000361. The van der Waals surface area contributed by atoms with Crippen molar-refractivity contribution in [2.45, 2.75) is 38.6 Å². The smallest absolute Gasteiger partial charge is 0.237 e. The molecule has 1 unspecified atom stereocenters. The molecule has 0 aromatic heterocycles. The van der Waals surface area contributed by atoms with Gasteiger partial charge in [-0.2, -0.15) is 0 Å². The standard InChI is InChI=1S/C12H25N3O3S.ClH/c1-3-19(17,18)15(2)10-6-9-14-12(16)11-7-4-5-8-13-11;/h11,13H,3-10H2,1-2H3,(H,14,16);1H. The molecule has 1 aliphatic heterocycles. The average molecular weight is 328 g/mol. The Morgan fingerprint density at radius 3 is 2.65 bits per heavy atom. The zero-order valence-electron chi connectivity index (χ0n) is 12.2. The lowest BCUT2D eigenvalue weighted by Crippen LogP contribution is -2.47. The molecule has 2 N–H and O–H groups in total. The van der Waals surface area contributed by atoms with Crippen molar-refractivity contribution in [2.75, 3.05) is 32.4 Å². The van der Waals surface area contributed by atoms with E-state index in [4.69, 9.17) is 0 Å². The summed E-state index contributed by atoms with van der Waals surface area (Å²) in [6.07, 6.45) is 3.73. The monoisotopic (exact) mass is 327 g/mol. The van der Waals surface area contributed by atoms with E-state index in [-0.39, 0.29) is 30.1 Å². The number of rotatable bonds is 7. The minimum absolute atomic E-state index is 0. The van der Waals surface area contributed by atoms with Crippen molar-refractivity contribution in [2.24, 2.45) is 0 Å². The van der Waals surface area contributed by atoms with E-state index in [1.54, 1.807) is 14.0 Å². The van der Waals surface area contributed by atoms with Crippen LogP contribution in [0.5, 0.6) is 0 Å². The fourth-order valence-electron chi connectivity index (χ4n) is 2.07. The van der Waals surface area contributed by atoms with Gasteiger partial charge in [-0.3, -0.25) is 4.79 Å². The third kappa shape index (κ3) is 6.39. The molecule has 120 valence electrons. The van der Waals surface area contributed by atoms with Crippen molar-refractivity contribution in [3.63, 3.8) is 0 Å². The second kappa shape index (κ2) is 9.55. The number of carbonyl (C=O) groups excluding carboxylic acids is 1. The largest absolute Gasteiger partial charge is 0.355 e. The molecule has 1 rings (SSSR count). The normalized spacial score (nSPS) is 19.4. The molecule has 0 aromatic carbocycles. The highest BCUT2D eigenvalue weighted by Gasteiger charge is 2.20. The molecule has 0 saturated carbocycles. The highest BCUT2D eigenvalue weighted by molar-refractivity contribution is 7.89. The number of nitrogens with one attached hydrogen (secondary N) is 2. The molecule has 1 atom stereocenters. The van der Waals surface area contributed by atoms with Gasteiger partial charge < -0.3 is 10.6 Å². The molecule has 0 aliphatic carbocycles. The van der Waals surface area contributed by atoms with Crippen LogP contribution in [0.15, 0.2) is 0 Å². The summed E-state index contributed by atoms with van der Waals surface area (Å²) >= 11 is 0. The minimum Gasteiger partial charge on any atom is -0.355 e. The van der Waals surface area contributed by atoms with Gasteiger partial charge in [0.2, 0.25) is 15.9 Å². The number of hydrogen-bond donors (Lipinski definition) is 2. The maximum Gasteiger partial charge on any atom is 0.237 e. The first kappa shape index (κ1) is 19.6. The summed E-state index contributed by atoms with van der Waals surface area (Å²) in [7, 11) is -1.54. The first-order valence-electron chi connectivity index (χ1n) is 6.92. The minimum atomic E-state index is -3.11. The summed E-state index contributed by atoms with van der Waals surface area (Å²) in [4.78, 5) is 11.8. The van der Waals surface area contributed by atoms with Gasteiger partial charge in [-0.1, -0.05) is 6.42 Å². The van der Waals surface area contributed by atoms with Crippen LogP contribution >= 0.6 is 12.4 Å². The van der Waals surface area contributed by atoms with Gasteiger partial charge in [-0.05, 0) is 32.7 Å². The van der Waals surface area contributed by atoms with Crippen molar-refractivity contribution >= 4 is 28.3 Å². The summed E-state index contributed by atoms with van der Waals surface area (Å²) in [5.74, 6) is 0.141. The highest BCUT2D eigenvalue weighted by Crippen LogP contribution is 2.06. The Bertz CT molecular complexity index is 383. The number of halogens is 1. The van der Waals surface area contributed by atoms with Crippen LogP contribution in [0.2, 0.25) is 0 Å². The molecule has 20 heavy (non-hydrogen) atoms. The van der Waals surface area contributed by atoms with Crippen LogP contribution in [0.4, 0.5) is 0 Å². The average Bonchev–Trinajstić information content (AvgIpc) is 2.43. The van der Waals surface area contributed by atoms with E-state index in [1.807, 2.05) is 0 Å². The number of hydrogen-bond acceptors (Lipinski definition) is 4. The lowest BCUT2D eigenvalue weighted by Gasteiger charge is -2.22. The Morgan fingerprint density at radius 1 is 1.40 bits per heavy atom. The SMILES string of the molecule is CCS(=O)(=O)N(C)CCCNC(=O)C1CCCCN1.Cl. The van der Waals surface area contributed by atoms with Crippen LogP contribution in [-0.2, 0) is 14.8 Å². The third-order valence-corrected chi connectivity index (χ3v) is 5.28. The second-order valence-corrected chi connectivity index (χ2v) is 7.23. The van der Waals surface area contributed by atoms with E-state index in [2.05, 4.69) is 10.6 Å². The number of piperidine rings is 1. The van der Waals surface area contributed by atoms with Crippen LogP contribution in [-0.4, -0.2) is 57.1 Å². The first-order valence-corrected chi connectivity index (χ1v) is 8.53. The fraction of sp³-hybridized carbons (Fsp3) is 0.917. The number of nitrogens with zero attached hydrogens (tertiary/aromatic N) is 1. The summed E-state index contributed by atoms with van der Waals surface area (Å²) in [6.45, 7) is 3.48. The van der Waals surface area contributed by atoms with E-state index in [9.17, 15) is 13.2 Å². The number of carbonyl (C=O) groups is 1. The highest BCUT2D eigenvalue weighted by atomic mass is 35.5. The molecular weight excluding hydrogens is 302 g/mol. The van der Waals surface area contributed by atoms with Crippen LogP contribution in [0, 0.1) is 0 Å². The van der Waals surface area contributed by atoms with E-state index in [1.165, 1.54) is 4.31 Å². The maximum atomic E-state index is 11.8. The summed E-state index contributed by atoms with van der Waals surface area (Å²) < 4.78 is 24.4. The number of amides is 1. The van der Waals surface area contributed by atoms with Crippen molar-refractivity contribution < 1.29 is 13.2 Å². The summed E-state index contributed by atoms with van der Waals surface area (Å²) in [5.41, 5.74) is 0. The van der Waals surface area contributed by atoms with Gasteiger partial charge in [0.15, 0.2) is 0 Å². The summed E-state index contributed by atoms with van der Waals surface area (Å²) in [5, 5.41) is 6.04. The van der Waals surface area contributed by atoms with Crippen molar-refractivity contribution in [3.8, 4) is 0 Å². The fourth-order valence-corrected chi connectivity index (χ4v) is 2.92. The zero-order valence-corrected chi connectivity index (χ0v) is 13.9. The quantitative estimate of drug-likeness (QED) is 0.661. The van der Waals surface area contributed by atoms with Crippen LogP contribution in [0.3, 0.4) is 0 Å². The zero-order chi connectivity index (χ0) is 14.3. The van der Waals surface area contributed by atoms with E-state index < -0.39 is 10.0 Å². The maximum absolute atomic E-state index is 11.8. The molecule has 1 amide bonds. The molecule has 1 heterocycles. The number of sulfonamides is 1. The second-order valence-electron chi connectivity index (χ2n) is 4.87. The molecule has 1 aliphatic rings. The Hall–Kier alpha value is -0.370. The molecular formula is C12H26ClN3O3S. The predicted molar refractivity (Wildman–Crippen MR) is 82.6 cm³/mol. The van der Waals surface area contributed by atoms with E-state index >= 15 is 0 Å². The van der Waals surface area contributed by atoms with Crippen molar-refractivity contribution in [1.29, 1.82) is 0 Å². The Labute approximate surface area is 128 Å². The van der Waals surface area contributed by atoms with E-state index in [0.29, 0.717) is 19.5 Å². The topological polar surface area (TPSA) is 78.5 Å². The van der Waals surface area contributed by atoms with Gasteiger partial charge in [0.25, 0.3) is 0 Å². The third-order valence-electron chi connectivity index (χ3n) is 3.42. The van der Waals surface area contributed by atoms with Crippen LogP contribution in [0.1, 0.15) is 32.6 Å². The van der Waals surface area contributed by atoms with Crippen LogP contribution < -0.4 is 10.6 Å². The predicted octanol–water partition coefficient (Wildman–Crippen LogP) is 0.338. The van der Waals surface area contributed by atoms with Gasteiger partial charge >= 0.3 is 0 Å². The molecule has 0 radical (unpaired) electrons. The van der Waals surface area contributed by atoms with Crippen molar-refractivity contribution in [1.82, 2.24) is 14.9 Å². The van der Waals surface area contributed by atoms with E-state index in [0.717, 1.165) is 25.8 Å². The molecule has 0 bridgehead atoms. The summed E-state index contributed by atoms with van der Waals surface area (Å²) in [6, 6.07) is -0.0779. The Morgan fingerprint density at radius 2 is 2.10 bits per heavy atom. The van der Waals surface area contributed by atoms with Crippen LogP contribution in [0.25, 0.3) is 0 Å². The molecule has 1 fully saturated rings. The van der Waals surface area contributed by atoms with Gasteiger partial charge in [0, 0.05) is 20.1 Å². The molecule has 0 aromatic rings. The van der Waals surface area contributed by atoms with Gasteiger partial charge in [0.05, 0.1) is 11.8 Å². The van der Waals surface area contributed by atoms with Gasteiger partial charge in [-0.25, -0.2) is 12.7 Å². The Kier molecular flexibility index (Phi) is 9.37.